The Hall–Kier alpha value is -1.39. The van der Waals surface area contributed by atoms with E-state index < -0.39 is 11.8 Å². The Kier molecular flexibility index (Phi) is 5.23. The lowest BCUT2D eigenvalue weighted by atomic mass is 9.43. The highest BCUT2D eigenvalue weighted by atomic mass is 16.7. The molecule has 0 aromatic carbocycles. The first-order valence-electron chi connectivity index (χ1n) is 13.4. The van der Waals surface area contributed by atoms with Crippen LogP contribution in [0.25, 0.3) is 0 Å². The summed E-state index contributed by atoms with van der Waals surface area (Å²) in [5.41, 5.74) is 5.60. The highest BCUT2D eigenvalue weighted by molar-refractivity contribution is 5.90. The van der Waals surface area contributed by atoms with Crippen LogP contribution in [0.2, 0.25) is 0 Å². The van der Waals surface area contributed by atoms with Crippen LogP contribution in [0.4, 0.5) is 0 Å². The van der Waals surface area contributed by atoms with Crippen LogP contribution in [0, 0.1) is 33.5 Å². The zero-order valence-corrected chi connectivity index (χ0v) is 22.3. The maximum atomic E-state index is 11.9. The van der Waals surface area contributed by atoms with E-state index in [0.717, 1.165) is 44.9 Å². The standard InChI is InChI=1S/C30H44O4/c1-18(16-30(33)17-19(2)25(32)34-30)20-10-14-29(7)22-8-9-23-26(3,4)24(31)12-13-27(23,5)21(22)11-15-28(20,29)6/h10,17-18,23-24,31,33H,8-9,11-16H2,1-7H3. The van der Waals surface area contributed by atoms with Crippen molar-refractivity contribution >= 4 is 5.97 Å². The van der Waals surface area contributed by atoms with Crippen molar-refractivity contribution in [2.75, 3.05) is 0 Å². The van der Waals surface area contributed by atoms with Crippen molar-refractivity contribution in [1.29, 1.82) is 0 Å². The normalized spacial score (nSPS) is 46.2. The number of carbonyl (C=O) groups excluding carboxylic acids is 1. The van der Waals surface area contributed by atoms with Crippen molar-refractivity contribution in [2.45, 2.75) is 112 Å². The first kappa shape index (κ1) is 24.3. The summed E-state index contributed by atoms with van der Waals surface area (Å²) in [5.74, 6) is -1.24. The smallest absolute Gasteiger partial charge is 0.336 e. The number of allylic oxidation sites excluding steroid dienone is 4. The fourth-order valence-electron chi connectivity index (χ4n) is 9.31. The highest BCUT2D eigenvalue weighted by Crippen LogP contribution is 2.71. The fourth-order valence-corrected chi connectivity index (χ4v) is 9.31. The van der Waals surface area contributed by atoms with Gasteiger partial charge in [0.15, 0.2) is 0 Å². The third-order valence-electron chi connectivity index (χ3n) is 11.5. The number of esters is 1. The van der Waals surface area contributed by atoms with Crippen molar-refractivity contribution in [3.8, 4) is 0 Å². The van der Waals surface area contributed by atoms with Gasteiger partial charge >= 0.3 is 5.97 Å². The second-order valence-electron chi connectivity index (χ2n) is 13.5. The molecule has 0 radical (unpaired) electrons. The van der Waals surface area contributed by atoms with E-state index in [4.69, 9.17) is 4.74 Å². The molecule has 5 aliphatic rings. The largest absolute Gasteiger partial charge is 0.426 e. The SMILES string of the molecule is CC1=CC(O)(CC(C)C2=CCC3(C)C4=C(CCC23C)C2(C)CCC(O)C(C)(C)C2CC4)OC1=O. The van der Waals surface area contributed by atoms with Crippen molar-refractivity contribution < 1.29 is 19.7 Å². The zero-order valence-electron chi connectivity index (χ0n) is 22.3. The third kappa shape index (κ3) is 3.06. The molecule has 2 N–H and O–H groups in total. The van der Waals surface area contributed by atoms with Crippen LogP contribution >= 0.6 is 0 Å². The summed E-state index contributed by atoms with van der Waals surface area (Å²) in [5, 5.41) is 21.8. The number of fused-ring (bicyclic) bond motifs is 4. The molecule has 0 saturated heterocycles. The minimum atomic E-state index is -1.49. The van der Waals surface area contributed by atoms with Gasteiger partial charge in [0.2, 0.25) is 5.79 Å². The summed E-state index contributed by atoms with van der Waals surface area (Å²) < 4.78 is 5.34. The molecule has 0 aromatic heterocycles. The maximum Gasteiger partial charge on any atom is 0.336 e. The van der Waals surface area contributed by atoms with Gasteiger partial charge in [0, 0.05) is 17.4 Å². The lowest BCUT2D eigenvalue weighted by molar-refractivity contribution is -0.182. The van der Waals surface area contributed by atoms with Gasteiger partial charge in [-0.1, -0.05) is 64.3 Å². The van der Waals surface area contributed by atoms with Crippen LogP contribution < -0.4 is 0 Å². The van der Waals surface area contributed by atoms with Crippen LogP contribution in [-0.4, -0.2) is 28.1 Å². The van der Waals surface area contributed by atoms with E-state index in [2.05, 4.69) is 47.6 Å². The van der Waals surface area contributed by atoms with Crippen LogP contribution in [0.1, 0.15) is 99.8 Å². The van der Waals surface area contributed by atoms with E-state index in [-0.39, 0.29) is 33.7 Å². The Bertz CT molecular complexity index is 1020. The average Bonchev–Trinajstić information content (AvgIpc) is 3.16. The predicted octanol–water partition coefficient (Wildman–Crippen LogP) is 6.23. The Morgan fingerprint density at radius 2 is 1.76 bits per heavy atom. The van der Waals surface area contributed by atoms with Crippen molar-refractivity contribution in [1.82, 2.24) is 0 Å². The Morgan fingerprint density at radius 3 is 2.41 bits per heavy atom. The summed E-state index contributed by atoms with van der Waals surface area (Å²) >= 11 is 0. The second kappa shape index (κ2) is 7.32. The number of cyclic esters (lactones) is 1. The molecule has 0 amide bonds. The van der Waals surface area contributed by atoms with Gasteiger partial charge in [0.25, 0.3) is 0 Å². The van der Waals surface area contributed by atoms with E-state index in [1.54, 1.807) is 24.1 Å². The van der Waals surface area contributed by atoms with E-state index in [9.17, 15) is 15.0 Å². The first-order valence-corrected chi connectivity index (χ1v) is 13.4. The van der Waals surface area contributed by atoms with Gasteiger partial charge in [0.05, 0.1) is 6.10 Å². The van der Waals surface area contributed by atoms with E-state index >= 15 is 0 Å². The summed E-state index contributed by atoms with van der Waals surface area (Å²) in [4.78, 5) is 11.9. The van der Waals surface area contributed by atoms with Gasteiger partial charge in [-0.25, -0.2) is 4.79 Å². The summed E-state index contributed by atoms with van der Waals surface area (Å²) in [6.45, 7) is 15.9. The molecule has 4 nitrogen and oxygen atoms in total. The Balaban J connectivity index is 1.46. The average molecular weight is 469 g/mol. The van der Waals surface area contributed by atoms with Gasteiger partial charge in [-0.2, -0.15) is 0 Å². The molecule has 7 unspecified atom stereocenters. The minimum absolute atomic E-state index is 0.0411. The predicted molar refractivity (Wildman–Crippen MR) is 134 cm³/mol. The number of hydrogen-bond donors (Lipinski definition) is 2. The summed E-state index contributed by atoms with van der Waals surface area (Å²) in [7, 11) is 0. The van der Waals surface area contributed by atoms with Crippen LogP contribution in [0.5, 0.6) is 0 Å². The molecule has 0 spiro atoms. The molecule has 4 heteroatoms. The van der Waals surface area contributed by atoms with Crippen LogP contribution in [0.3, 0.4) is 0 Å². The zero-order chi connectivity index (χ0) is 24.9. The quantitative estimate of drug-likeness (QED) is 0.380. The molecule has 1 aliphatic heterocycles. The Labute approximate surface area is 205 Å². The van der Waals surface area contributed by atoms with E-state index in [1.807, 2.05) is 0 Å². The molecule has 34 heavy (non-hydrogen) atoms. The number of ether oxygens (including phenoxy) is 1. The van der Waals surface area contributed by atoms with Gasteiger partial charge in [0.1, 0.15) is 0 Å². The van der Waals surface area contributed by atoms with E-state index in [1.165, 1.54) is 5.57 Å². The van der Waals surface area contributed by atoms with Crippen LogP contribution in [-0.2, 0) is 9.53 Å². The third-order valence-corrected chi connectivity index (χ3v) is 11.5. The molecular formula is C30H44O4. The lowest BCUT2D eigenvalue weighted by Gasteiger charge is -2.62. The molecule has 5 rings (SSSR count). The molecule has 1 saturated carbocycles. The first-order chi connectivity index (χ1) is 15.7. The second-order valence-corrected chi connectivity index (χ2v) is 13.5. The molecule has 0 bridgehead atoms. The summed E-state index contributed by atoms with van der Waals surface area (Å²) in [6.07, 6.45) is 11.8. The molecule has 7 atom stereocenters. The van der Waals surface area contributed by atoms with Crippen molar-refractivity contribution in [2.24, 2.45) is 33.5 Å². The highest BCUT2D eigenvalue weighted by Gasteiger charge is 2.61. The molecule has 188 valence electrons. The number of aliphatic hydroxyl groups excluding tert-OH is 1. The number of aliphatic hydroxyl groups is 2. The van der Waals surface area contributed by atoms with Crippen molar-refractivity contribution in [3.05, 3.63) is 34.4 Å². The molecular weight excluding hydrogens is 424 g/mol. The maximum absolute atomic E-state index is 11.9. The lowest BCUT2D eigenvalue weighted by Crippen LogP contribution is -2.54. The molecule has 4 aliphatic carbocycles. The van der Waals surface area contributed by atoms with Gasteiger partial charge in [-0.3, -0.25) is 0 Å². The van der Waals surface area contributed by atoms with Gasteiger partial charge in [-0.05, 0) is 86.0 Å². The minimum Gasteiger partial charge on any atom is -0.426 e. The molecule has 0 aromatic rings. The fraction of sp³-hybridized carbons (Fsp3) is 0.767. The van der Waals surface area contributed by atoms with Gasteiger partial charge in [-0.15, -0.1) is 0 Å². The number of rotatable bonds is 3. The number of carbonyl (C=O) groups is 1. The number of hydrogen-bond acceptors (Lipinski definition) is 4. The van der Waals surface area contributed by atoms with Gasteiger partial charge < -0.3 is 14.9 Å². The molecule has 1 fully saturated rings. The monoisotopic (exact) mass is 468 g/mol. The Morgan fingerprint density at radius 1 is 1.06 bits per heavy atom. The van der Waals surface area contributed by atoms with E-state index in [0.29, 0.717) is 17.9 Å². The topological polar surface area (TPSA) is 66.8 Å². The van der Waals surface area contributed by atoms with Crippen molar-refractivity contribution in [3.63, 3.8) is 0 Å². The van der Waals surface area contributed by atoms with Crippen LogP contribution in [0.15, 0.2) is 34.4 Å². The summed E-state index contributed by atoms with van der Waals surface area (Å²) in [6, 6.07) is 0. The molecule has 1 heterocycles.